The van der Waals surface area contributed by atoms with E-state index in [9.17, 15) is 0 Å². The van der Waals surface area contributed by atoms with Crippen LogP contribution in [-0.2, 0) is 0 Å². The molecular formula is C10H15BrN2O. The zero-order valence-corrected chi connectivity index (χ0v) is 9.88. The van der Waals surface area contributed by atoms with Crippen LogP contribution in [0.3, 0.4) is 0 Å². The van der Waals surface area contributed by atoms with Crippen molar-refractivity contribution in [2.45, 2.75) is 13.3 Å². The number of nitrogens with zero attached hydrogens (tertiary/aromatic N) is 1. The Kier molecular flexibility index (Phi) is 2.58. The van der Waals surface area contributed by atoms with E-state index in [4.69, 9.17) is 10.2 Å². The van der Waals surface area contributed by atoms with Gasteiger partial charge in [-0.2, -0.15) is 0 Å². The Hall–Kier alpha value is -0.480. The Bertz CT molecular complexity index is 326. The summed E-state index contributed by atoms with van der Waals surface area (Å²) in [5.74, 6) is 0.933. The highest BCUT2D eigenvalue weighted by Gasteiger charge is 2.34. The summed E-state index contributed by atoms with van der Waals surface area (Å²) < 4.78 is 6.45. The van der Waals surface area contributed by atoms with E-state index in [0.29, 0.717) is 0 Å². The van der Waals surface area contributed by atoms with Gasteiger partial charge < -0.3 is 15.1 Å². The fourth-order valence-electron chi connectivity index (χ4n) is 1.88. The molecule has 0 aliphatic carbocycles. The number of hydrogen-bond donors (Lipinski definition) is 1. The van der Waals surface area contributed by atoms with Gasteiger partial charge in [-0.05, 0) is 40.4 Å². The topological polar surface area (TPSA) is 42.4 Å². The molecule has 1 saturated heterocycles. The molecule has 2 rings (SSSR count). The van der Waals surface area contributed by atoms with E-state index in [1.807, 2.05) is 6.07 Å². The minimum atomic E-state index is 0.242. The van der Waals surface area contributed by atoms with Crippen LogP contribution in [0, 0.1) is 5.41 Å². The summed E-state index contributed by atoms with van der Waals surface area (Å²) in [4.78, 5) is 2.25. The quantitative estimate of drug-likeness (QED) is 0.885. The first-order chi connectivity index (χ1) is 6.64. The molecule has 1 unspecified atom stereocenters. The fraction of sp³-hybridized carbons (Fsp3) is 0.600. The summed E-state index contributed by atoms with van der Waals surface area (Å²) in [5.41, 5.74) is 6.00. The molecule has 2 N–H and O–H groups in total. The molecule has 78 valence electrons. The van der Waals surface area contributed by atoms with Crippen LogP contribution in [0.1, 0.15) is 13.3 Å². The molecule has 3 nitrogen and oxygen atoms in total. The minimum absolute atomic E-state index is 0.242. The van der Waals surface area contributed by atoms with Crippen LogP contribution in [0.4, 0.5) is 5.88 Å². The number of furan rings is 1. The van der Waals surface area contributed by atoms with Crippen LogP contribution in [0.2, 0.25) is 0 Å². The van der Waals surface area contributed by atoms with Gasteiger partial charge in [0.05, 0.1) is 10.7 Å². The molecule has 1 fully saturated rings. The maximum atomic E-state index is 5.75. The van der Waals surface area contributed by atoms with E-state index in [1.165, 1.54) is 0 Å². The molecular weight excluding hydrogens is 244 g/mol. The Labute approximate surface area is 92.4 Å². The smallest absolute Gasteiger partial charge is 0.209 e. The Morgan fingerprint density at radius 2 is 2.50 bits per heavy atom. The van der Waals surface area contributed by atoms with Gasteiger partial charge in [0.1, 0.15) is 0 Å². The van der Waals surface area contributed by atoms with Crippen molar-refractivity contribution in [3.63, 3.8) is 0 Å². The molecule has 0 saturated carbocycles. The van der Waals surface area contributed by atoms with Gasteiger partial charge in [0.15, 0.2) is 0 Å². The summed E-state index contributed by atoms with van der Waals surface area (Å²) in [7, 11) is 0. The van der Waals surface area contributed by atoms with Crippen LogP contribution in [0.25, 0.3) is 0 Å². The molecule has 1 aromatic rings. The van der Waals surface area contributed by atoms with Gasteiger partial charge in [0.25, 0.3) is 0 Å². The van der Waals surface area contributed by atoms with Crippen molar-refractivity contribution < 1.29 is 4.42 Å². The van der Waals surface area contributed by atoms with E-state index in [0.717, 1.165) is 36.4 Å². The Balaban J connectivity index is 2.13. The lowest BCUT2D eigenvalue weighted by molar-refractivity contribution is 0.381. The molecule has 0 bridgehead atoms. The van der Waals surface area contributed by atoms with Gasteiger partial charge >= 0.3 is 0 Å². The molecule has 1 atom stereocenters. The minimum Gasteiger partial charge on any atom is -0.448 e. The van der Waals surface area contributed by atoms with Crippen molar-refractivity contribution in [2.75, 3.05) is 24.5 Å². The van der Waals surface area contributed by atoms with Crippen LogP contribution >= 0.6 is 15.9 Å². The third-order valence-corrected chi connectivity index (χ3v) is 3.54. The average molecular weight is 259 g/mol. The van der Waals surface area contributed by atoms with Crippen LogP contribution in [-0.4, -0.2) is 19.6 Å². The molecule has 0 aromatic carbocycles. The van der Waals surface area contributed by atoms with Crippen molar-refractivity contribution in [3.8, 4) is 0 Å². The Morgan fingerprint density at radius 1 is 1.71 bits per heavy atom. The first kappa shape index (κ1) is 10.1. The molecule has 0 spiro atoms. The largest absolute Gasteiger partial charge is 0.448 e. The number of hydrogen-bond acceptors (Lipinski definition) is 3. The van der Waals surface area contributed by atoms with E-state index in [1.54, 1.807) is 6.26 Å². The highest BCUT2D eigenvalue weighted by Crippen LogP contribution is 2.36. The van der Waals surface area contributed by atoms with Crippen molar-refractivity contribution in [3.05, 3.63) is 16.8 Å². The second kappa shape index (κ2) is 3.59. The maximum Gasteiger partial charge on any atom is 0.209 e. The zero-order chi connectivity index (χ0) is 10.2. The van der Waals surface area contributed by atoms with E-state index >= 15 is 0 Å². The normalized spacial score (nSPS) is 27.2. The molecule has 0 amide bonds. The highest BCUT2D eigenvalue weighted by atomic mass is 79.9. The van der Waals surface area contributed by atoms with E-state index in [2.05, 4.69) is 27.8 Å². The number of nitrogens with two attached hydrogens (primary N) is 1. The van der Waals surface area contributed by atoms with Gasteiger partial charge in [-0.25, -0.2) is 0 Å². The van der Waals surface area contributed by atoms with Gasteiger partial charge in [-0.3, -0.25) is 0 Å². The number of halogens is 1. The van der Waals surface area contributed by atoms with Gasteiger partial charge in [-0.15, -0.1) is 0 Å². The molecule has 1 aliphatic heterocycles. The van der Waals surface area contributed by atoms with Gasteiger partial charge in [-0.1, -0.05) is 6.92 Å². The number of rotatable bonds is 2. The van der Waals surface area contributed by atoms with Gasteiger partial charge in [0.2, 0.25) is 5.88 Å². The second-order valence-electron chi connectivity index (χ2n) is 4.26. The fourth-order valence-corrected chi connectivity index (χ4v) is 2.33. The SMILES string of the molecule is CC1(CN)CCN(c2occc2Br)C1. The molecule has 1 aromatic heterocycles. The van der Waals surface area contributed by atoms with Gasteiger partial charge in [0, 0.05) is 13.1 Å². The average Bonchev–Trinajstić information content (AvgIpc) is 2.73. The lowest BCUT2D eigenvalue weighted by Crippen LogP contribution is -2.31. The maximum absolute atomic E-state index is 5.75. The molecule has 0 radical (unpaired) electrons. The first-order valence-corrected chi connectivity index (χ1v) is 5.62. The van der Waals surface area contributed by atoms with Crippen molar-refractivity contribution >= 4 is 21.8 Å². The van der Waals surface area contributed by atoms with Crippen molar-refractivity contribution in [1.29, 1.82) is 0 Å². The third kappa shape index (κ3) is 1.68. The van der Waals surface area contributed by atoms with Crippen LogP contribution < -0.4 is 10.6 Å². The highest BCUT2D eigenvalue weighted by molar-refractivity contribution is 9.10. The van der Waals surface area contributed by atoms with E-state index < -0.39 is 0 Å². The predicted octanol–water partition coefficient (Wildman–Crippen LogP) is 2.22. The van der Waals surface area contributed by atoms with Crippen LogP contribution in [0.15, 0.2) is 21.2 Å². The summed E-state index contributed by atoms with van der Waals surface area (Å²) in [6, 6.07) is 1.92. The Morgan fingerprint density at radius 3 is 3.00 bits per heavy atom. The summed E-state index contributed by atoms with van der Waals surface area (Å²) in [6.07, 6.45) is 2.84. The summed E-state index contributed by atoms with van der Waals surface area (Å²) in [6.45, 7) is 4.97. The summed E-state index contributed by atoms with van der Waals surface area (Å²) >= 11 is 3.47. The zero-order valence-electron chi connectivity index (χ0n) is 8.29. The third-order valence-electron chi connectivity index (χ3n) is 2.94. The standard InChI is InChI=1S/C10H15BrN2O/c1-10(6-12)3-4-13(7-10)9-8(11)2-5-14-9/h2,5H,3-4,6-7,12H2,1H3. The second-order valence-corrected chi connectivity index (χ2v) is 5.11. The van der Waals surface area contributed by atoms with Crippen molar-refractivity contribution in [2.24, 2.45) is 11.1 Å². The summed E-state index contributed by atoms with van der Waals surface area (Å²) in [5, 5.41) is 0. The molecule has 4 heteroatoms. The lowest BCUT2D eigenvalue weighted by Gasteiger charge is -2.22. The molecule has 14 heavy (non-hydrogen) atoms. The lowest BCUT2D eigenvalue weighted by atomic mass is 9.90. The molecule has 2 heterocycles. The van der Waals surface area contributed by atoms with E-state index in [-0.39, 0.29) is 5.41 Å². The van der Waals surface area contributed by atoms with Crippen LogP contribution in [0.5, 0.6) is 0 Å². The predicted molar refractivity (Wildman–Crippen MR) is 60.4 cm³/mol. The number of anilines is 1. The monoisotopic (exact) mass is 258 g/mol. The first-order valence-electron chi connectivity index (χ1n) is 4.83. The van der Waals surface area contributed by atoms with Crippen molar-refractivity contribution in [1.82, 2.24) is 0 Å². The molecule has 1 aliphatic rings.